The van der Waals surface area contributed by atoms with Crippen LogP contribution >= 0.6 is 0 Å². The van der Waals surface area contributed by atoms with Crippen molar-refractivity contribution in [1.82, 2.24) is 10.6 Å². The van der Waals surface area contributed by atoms with Crippen LogP contribution in [0.5, 0.6) is 5.75 Å². The third kappa shape index (κ3) is 3.47. The molecule has 0 fully saturated rings. The monoisotopic (exact) mass is 262 g/mol. The normalized spacial score (nSPS) is 17.7. The smallest absolute Gasteiger partial charge is 0.223 e. The molecule has 0 bridgehead atoms. The van der Waals surface area contributed by atoms with Crippen molar-refractivity contribution in [3.05, 3.63) is 29.3 Å². The molecule has 0 spiro atoms. The molecule has 1 aliphatic rings. The van der Waals surface area contributed by atoms with Gasteiger partial charge in [0.15, 0.2) is 0 Å². The Kier molecular flexibility index (Phi) is 4.80. The highest BCUT2D eigenvalue weighted by Crippen LogP contribution is 2.31. The third-order valence-corrected chi connectivity index (χ3v) is 3.65. The molecular weight excluding hydrogens is 240 g/mol. The van der Waals surface area contributed by atoms with Gasteiger partial charge < -0.3 is 15.4 Å². The molecule has 1 aromatic rings. The lowest BCUT2D eigenvalue weighted by molar-refractivity contribution is -0.121. The van der Waals surface area contributed by atoms with Crippen LogP contribution < -0.4 is 15.4 Å². The first kappa shape index (κ1) is 13.9. The summed E-state index contributed by atoms with van der Waals surface area (Å²) in [6.45, 7) is 0.425. The van der Waals surface area contributed by atoms with Crippen molar-refractivity contribution < 1.29 is 9.53 Å². The van der Waals surface area contributed by atoms with Crippen molar-refractivity contribution >= 4 is 5.91 Å². The molecule has 1 aliphatic carbocycles. The van der Waals surface area contributed by atoms with E-state index in [2.05, 4.69) is 22.8 Å². The van der Waals surface area contributed by atoms with Crippen molar-refractivity contribution in [2.24, 2.45) is 0 Å². The summed E-state index contributed by atoms with van der Waals surface area (Å²) in [5.74, 6) is 0.868. The van der Waals surface area contributed by atoms with E-state index in [9.17, 15) is 4.79 Å². The van der Waals surface area contributed by atoms with Crippen molar-refractivity contribution in [1.29, 1.82) is 0 Å². The van der Waals surface area contributed by atoms with E-state index in [1.807, 2.05) is 13.1 Å². The Labute approximate surface area is 114 Å². The van der Waals surface area contributed by atoms with Crippen LogP contribution in [0.25, 0.3) is 0 Å². The molecule has 0 saturated heterocycles. The first-order valence-corrected chi connectivity index (χ1v) is 6.88. The molecule has 2 rings (SSSR count). The third-order valence-electron chi connectivity index (χ3n) is 3.65. The minimum atomic E-state index is 0.00760. The summed E-state index contributed by atoms with van der Waals surface area (Å²) in [6, 6.07) is 6.72. The van der Waals surface area contributed by atoms with Crippen LogP contribution in [0, 0.1) is 0 Å². The van der Waals surface area contributed by atoms with Gasteiger partial charge in [0.25, 0.3) is 0 Å². The van der Waals surface area contributed by atoms with E-state index in [0.717, 1.165) is 12.2 Å². The van der Waals surface area contributed by atoms with E-state index in [0.29, 0.717) is 19.1 Å². The van der Waals surface area contributed by atoms with Gasteiger partial charge in [-0.2, -0.15) is 0 Å². The van der Waals surface area contributed by atoms with Crippen LogP contribution in [0.1, 0.15) is 36.4 Å². The summed E-state index contributed by atoms with van der Waals surface area (Å²) in [5, 5.41) is 5.94. The van der Waals surface area contributed by atoms with Crippen molar-refractivity contribution in [2.75, 3.05) is 20.7 Å². The van der Waals surface area contributed by atoms with Crippen LogP contribution in [0.4, 0.5) is 0 Å². The highest BCUT2D eigenvalue weighted by Gasteiger charge is 2.18. The number of carbonyl (C=O) groups excluding carboxylic acids is 1. The Bertz CT molecular complexity index is 446. The SMILES string of the molecule is CNC(=O)CCOc1ccc2c(c1)CCCC2NC. The molecule has 0 aliphatic heterocycles. The summed E-state index contributed by atoms with van der Waals surface area (Å²) >= 11 is 0. The largest absolute Gasteiger partial charge is 0.493 e. The highest BCUT2D eigenvalue weighted by atomic mass is 16.5. The molecule has 0 heterocycles. The maximum Gasteiger partial charge on any atom is 0.223 e. The summed E-state index contributed by atoms with van der Waals surface area (Å²) in [4.78, 5) is 11.1. The number of benzene rings is 1. The Morgan fingerprint density at radius 3 is 3.00 bits per heavy atom. The lowest BCUT2D eigenvalue weighted by Crippen LogP contribution is -2.22. The molecule has 19 heavy (non-hydrogen) atoms. The van der Waals surface area contributed by atoms with Gasteiger partial charge in [-0.15, -0.1) is 0 Å². The van der Waals surface area contributed by atoms with Gasteiger partial charge in [-0.05, 0) is 49.6 Å². The molecule has 1 aromatic carbocycles. The molecule has 0 radical (unpaired) electrons. The minimum absolute atomic E-state index is 0.00760. The Balaban J connectivity index is 1.98. The van der Waals surface area contributed by atoms with E-state index in [1.54, 1.807) is 7.05 Å². The van der Waals surface area contributed by atoms with Gasteiger partial charge in [-0.25, -0.2) is 0 Å². The summed E-state index contributed by atoms with van der Waals surface area (Å²) < 4.78 is 5.63. The Hall–Kier alpha value is -1.55. The number of amides is 1. The average molecular weight is 262 g/mol. The number of aryl methyl sites for hydroxylation is 1. The lowest BCUT2D eigenvalue weighted by Gasteiger charge is -2.25. The van der Waals surface area contributed by atoms with E-state index in [-0.39, 0.29) is 5.91 Å². The molecule has 2 N–H and O–H groups in total. The van der Waals surface area contributed by atoms with E-state index in [1.165, 1.54) is 24.0 Å². The second-order valence-electron chi connectivity index (χ2n) is 4.87. The number of carbonyl (C=O) groups is 1. The Morgan fingerprint density at radius 1 is 1.42 bits per heavy atom. The number of hydrogen-bond donors (Lipinski definition) is 2. The number of fused-ring (bicyclic) bond motifs is 1. The standard InChI is InChI=1S/C15H22N2O2/c1-16-14-5-3-4-11-10-12(6-7-13(11)14)19-9-8-15(18)17-2/h6-7,10,14,16H,3-5,8-9H2,1-2H3,(H,17,18). The molecule has 104 valence electrons. The topological polar surface area (TPSA) is 50.4 Å². The molecule has 0 aromatic heterocycles. The van der Waals surface area contributed by atoms with Crippen LogP contribution in [0.15, 0.2) is 18.2 Å². The second-order valence-corrected chi connectivity index (χ2v) is 4.87. The zero-order chi connectivity index (χ0) is 13.7. The van der Waals surface area contributed by atoms with Gasteiger partial charge in [-0.3, -0.25) is 4.79 Å². The molecule has 0 saturated carbocycles. The number of rotatable bonds is 5. The quantitative estimate of drug-likeness (QED) is 0.850. The second kappa shape index (κ2) is 6.57. The first-order chi connectivity index (χ1) is 9.24. The molecule has 1 amide bonds. The number of hydrogen-bond acceptors (Lipinski definition) is 3. The summed E-state index contributed by atoms with van der Waals surface area (Å²) in [5.41, 5.74) is 2.75. The predicted octanol–water partition coefficient (Wildman–Crippen LogP) is 1.80. The molecule has 4 heteroatoms. The van der Waals surface area contributed by atoms with Crippen LogP contribution in [-0.4, -0.2) is 26.6 Å². The van der Waals surface area contributed by atoms with Gasteiger partial charge in [0.05, 0.1) is 13.0 Å². The minimum Gasteiger partial charge on any atom is -0.493 e. The van der Waals surface area contributed by atoms with Crippen molar-refractivity contribution in [3.63, 3.8) is 0 Å². The maximum atomic E-state index is 11.1. The summed E-state index contributed by atoms with van der Waals surface area (Å²) in [7, 11) is 3.65. The number of nitrogens with one attached hydrogen (secondary N) is 2. The zero-order valence-corrected chi connectivity index (χ0v) is 11.7. The van der Waals surface area contributed by atoms with Crippen molar-refractivity contribution in [2.45, 2.75) is 31.7 Å². The lowest BCUT2D eigenvalue weighted by atomic mass is 9.87. The van der Waals surface area contributed by atoms with Crippen LogP contribution in [0.3, 0.4) is 0 Å². The fraction of sp³-hybridized carbons (Fsp3) is 0.533. The molecule has 1 unspecified atom stereocenters. The average Bonchev–Trinajstić information content (AvgIpc) is 2.46. The summed E-state index contributed by atoms with van der Waals surface area (Å²) in [6.07, 6.45) is 3.91. The molecule has 1 atom stereocenters. The predicted molar refractivity (Wildman–Crippen MR) is 75.4 cm³/mol. The zero-order valence-electron chi connectivity index (χ0n) is 11.7. The van der Waals surface area contributed by atoms with E-state index >= 15 is 0 Å². The maximum absolute atomic E-state index is 11.1. The van der Waals surface area contributed by atoms with Crippen LogP contribution in [0.2, 0.25) is 0 Å². The van der Waals surface area contributed by atoms with E-state index in [4.69, 9.17) is 4.74 Å². The molecule has 4 nitrogen and oxygen atoms in total. The van der Waals surface area contributed by atoms with Gasteiger partial charge >= 0.3 is 0 Å². The van der Waals surface area contributed by atoms with Crippen molar-refractivity contribution in [3.8, 4) is 5.75 Å². The van der Waals surface area contributed by atoms with Gasteiger partial charge in [0.1, 0.15) is 5.75 Å². The van der Waals surface area contributed by atoms with Gasteiger partial charge in [0.2, 0.25) is 5.91 Å². The van der Waals surface area contributed by atoms with Crippen LogP contribution in [-0.2, 0) is 11.2 Å². The highest BCUT2D eigenvalue weighted by molar-refractivity contribution is 5.75. The molecular formula is C15H22N2O2. The van der Waals surface area contributed by atoms with Gasteiger partial charge in [0, 0.05) is 13.1 Å². The fourth-order valence-corrected chi connectivity index (χ4v) is 2.57. The Morgan fingerprint density at radius 2 is 2.26 bits per heavy atom. The first-order valence-electron chi connectivity index (χ1n) is 6.88. The number of ether oxygens (including phenoxy) is 1. The van der Waals surface area contributed by atoms with E-state index < -0.39 is 0 Å². The van der Waals surface area contributed by atoms with Gasteiger partial charge in [-0.1, -0.05) is 6.07 Å². The fourth-order valence-electron chi connectivity index (χ4n) is 2.57.